The molecule has 0 aromatic carbocycles. The van der Waals surface area contributed by atoms with Crippen LogP contribution in [0.3, 0.4) is 0 Å². The molecule has 2 rings (SSSR count). The molecule has 0 aliphatic heterocycles. The highest BCUT2D eigenvalue weighted by molar-refractivity contribution is 5.94. The third kappa shape index (κ3) is 2.52. The van der Waals surface area contributed by atoms with E-state index in [2.05, 4.69) is 5.32 Å². The van der Waals surface area contributed by atoms with E-state index < -0.39 is 11.7 Å². The minimum Gasteiger partial charge on any atom is -0.444 e. The third-order valence-corrected chi connectivity index (χ3v) is 4.05. The summed E-state index contributed by atoms with van der Waals surface area (Å²) in [5.74, 6) is 0.322. The van der Waals surface area contributed by atoms with Crippen molar-refractivity contribution < 1.29 is 14.3 Å². The average molecular weight is 253 g/mol. The Morgan fingerprint density at radius 1 is 1.28 bits per heavy atom. The van der Waals surface area contributed by atoms with Gasteiger partial charge in [0.25, 0.3) is 0 Å². The lowest BCUT2D eigenvalue weighted by Gasteiger charge is -2.50. The minimum absolute atomic E-state index is 0.0138. The second-order valence-corrected chi connectivity index (χ2v) is 6.54. The number of carbonyl (C=O) groups is 2. The van der Waals surface area contributed by atoms with Crippen molar-refractivity contribution in [1.82, 2.24) is 5.32 Å². The first-order valence-electron chi connectivity index (χ1n) is 6.86. The van der Waals surface area contributed by atoms with Crippen molar-refractivity contribution in [2.45, 2.75) is 70.9 Å². The molecule has 0 radical (unpaired) electrons. The van der Waals surface area contributed by atoms with Gasteiger partial charge < -0.3 is 10.1 Å². The number of hydrogen-bond donors (Lipinski definition) is 1. The molecule has 1 N–H and O–H groups in total. The van der Waals surface area contributed by atoms with Gasteiger partial charge >= 0.3 is 6.09 Å². The van der Waals surface area contributed by atoms with E-state index in [1.54, 1.807) is 0 Å². The summed E-state index contributed by atoms with van der Waals surface area (Å²) in [5.41, 5.74) is -0.757. The van der Waals surface area contributed by atoms with E-state index in [0.29, 0.717) is 12.2 Å². The predicted octanol–water partition coefficient (Wildman–Crippen LogP) is 2.80. The number of nitrogens with one attached hydrogen (secondary N) is 1. The number of hydrogen-bond acceptors (Lipinski definition) is 3. The van der Waals surface area contributed by atoms with Gasteiger partial charge in [0.15, 0.2) is 0 Å². The number of alkyl carbamates (subject to hydrolysis) is 1. The molecule has 2 saturated carbocycles. The van der Waals surface area contributed by atoms with Gasteiger partial charge in [0.2, 0.25) is 0 Å². The lowest BCUT2D eigenvalue weighted by atomic mass is 9.56. The number of amides is 1. The van der Waals surface area contributed by atoms with Crippen LogP contribution in [0.5, 0.6) is 0 Å². The standard InChI is InChI=1S/C14H23NO3/c1-13(2,3)18-12(17)15-10-9-11(16)14(10)7-5-4-6-8-14/h10H,4-9H2,1-3H3,(H,15,17). The SMILES string of the molecule is CC(C)(C)OC(=O)NC1CC(=O)C12CCCCC2. The fraction of sp³-hybridized carbons (Fsp3) is 0.857. The molecule has 1 atom stereocenters. The Kier molecular flexibility index (Phi) is 3.39. The summed E-state index contributed by atoms with van der Waals surface area (Å²) in [6, 6.07) is -0.0138. The van der Waals surface area contributed by atoms with Gasteiger partial charge in [0.05, 0.1) is 6.04 Å². The predicted molar refractivity (Wildman–Crippen MR) is 68.3 cm³/mol. The normalized spacial score (nSPS) is 26.6. The van der Waals surface area contributed by atoms with Crippen LogP contribution >= 0.6 is 0 Å². The molecule has 0 bridgehead atoms. The van der Waals surface area contributed by atoms with Gasteiger partial charge in [-0.25, -0.2) is 4.79 Å². The molecular weight excluding hydrogens is 230 g/mol. The zero-order valence-electron chi connectivity index (χ0n) is 11.5. The molecule has 2 fully saturated rings. The summed E-state index contributed by atoms with van der Waals surface area (Å²) in [7, 11) is 0. The van der Waals surface area contributed by atoms with E-state index in [4.69, 9.17) is 4.74 Å². The van der Waals surface area contributed by atoms with Gasteiger partial charge in [0.1, 0.15) is 11.4 Å². The maximum atomic E-state index is 11.9. The second kappa shape index (κ2) is 4.56. The van der Waals surface area contributed by atoms with E-state index in [9.17, 15) is 9.59 Å². The number of carbonyl (C=O) groups excluding carboxylic acids is 2. The fourth-order valence-corrected chi connectivity index (χ4v) is 3.10. The quantitative estimate of drug-likeness (QED) is 0.781. The highest BCUT2D eigenvalue weighted by atomic mass is 16.6. The Balaban J connectivity index is 1.94. The molecule has 102 valence electrons. The van der Waals surface area contributed by atoms with Gasteiger partial charge in [-0.05, 0) is 33.6 Å². The number of ketones is 1. The molecule has 4 nitrogen and oxygen atoms in total. The second-order valence-electron chi connectivity index (χ2n) is 6.54. The maximum absolute atomic E-state index is 11.9. The van der Waals surface area contributed by atoms with Crippen LogP contribution in [0.4, 0.5) is 4.79 Å². The van der Waals surface area contributed by atoms with Crippen LogP contribution in [0.25, 0.3) is 0 Å². The monoisotopic (exact) mass is 253 g/mol. The molecule has 4 heteroatoms. The van der Waals surface area contributed by atoms with E-state index >= 15 is 0 Å². The molecule has 2 aliphatic carbocycles. The summed E-state index contributed by atoms with van der Waals surface area (Å²) in [6.45, 7) is 5.53. The first-order chi connectivity index (χ1) is 8.33. The van der Waals surface area contributed by atoms with Crippen LogP contribution in [-0.4, -0.2) is 23.5 Å². The van der Waals surface area contributed by atoms with Gasteiger partial charge in [-0.1, -0.05) is 19.3 Å². The first-order valence-corrected chi connectivity index (χ1v) is 6.86. The minimum atomic E-state index is -0.489. The largest absolute Gasteiger partial charge is 0.444 e. The molecule has 0 heterocycles. The summed E-state index contributed by atoms with van der Waals surface area (Å²) >= 11 is 0. The van der Waals surface area contributed by atoms with E-state index in [1.165, 1.54) is 6.42 Å². The molecular formula is C14H23NO3. The molecule has 2 aliphatic rings. The van der Waals surface area contributed by atoms with Gasteiger partial charge in [0, 0.05) is 11.8 Å². The molecule has 18 heavy (non-hydrogen) atoms. The zero-order valence-corrected chi connectivity index (χ0v) is 11.5. The van der Waals surface area contributed by atoms with Crippen molar-refractivity contribution in [2.75, 3.05) is 0 Å². The Hall–Kier alpha value is -1.06. The van der Waals surface area contributed by atoms with Gasteiger partial charge in [-0.2, -0.15) is 0 Å². The highest BCUT2D eigenvalue weighted by Gasteiger charge is 2.55. The summed E-state index contributed by atoms with van der Waals surface area (Å²) in [4.78, 5) is 23.6. The number of Topliss-reactive ketones (excluding diaryl/α,β-unsaturated/α-hetero) is 1. The summed E-state index contributed by atoms with van der Waals surface area (Å²) in [6.07, 6.45) is 5.31. The third-order valence-electron chi connectivity index (χ3n) is 4.05. The summed E-state index contributed by atoms with van der Waals surface area (Å²) in [5, 5.41) is 2.88. The van der Waals surface area contributed by atoms with Crippen LogP contribution in [0.1, 0.15) is 59.3 Å². The Morgan fingerprint density at radius 3 is 2.39 bits per heavy atom. The molecule has 1 spiro atoms. The van der Waals surface area contributed by atoms with Crippen LogP contribution in [0, 0.1) is 5.41 Å². The molecule has 1 unspecified atom stereocenters. The maximum Gasteiger partial charge on any atom is 0.407 e. The lowest BCUT2D eigenvalue weighted by molar-refractivity contribution is -0.144. The zero-order chi connectivity index (χ0) is 13.4. The van der Waals surface area contributed by atoms with Crippen molar-refractivity contribution in [3.63, 3.8) is 0 Å². The highest BCUT2D eigenvalue weighted by Crippen LogP contribution is 2.48. The van der Waals surface area contributed by atoms with E-state index in [0.717, 1.165) is 25.7 Å². The smallest absolute Gasteiger partial charge is 0.407 e. The molecule has 0 aromatic heterocycles. The van der Waals surface area contributed by atoms with Crippen molar-refractivity contribution >= 4 is 11.9 Å². The first kappa shape index (κ1) is 13.4. The number of ether oxygens (including phenoxy) is 1. The van der Waals surface area contributed by atoms with Crippen LogP contribution < -0.4 is 5.32 Å². The Labute approximate surface area is 108 Å². The van der Waals surface area contributed by atoms with Crippen LogP contribution in [0.15, 0.2) is 0 Å². The fourth-order valence-electron chi connectivity index (χ4n) is 3.10. The average Bonchev–Trinajstić information content (AvgIpc) is 2.27. The van der Waals surface area contributed by atoms with Crippen molar-refractivity contribution in [1.29, 1.82) is 0 Å². The Bertz CT molecular complexity index is 351. The van der Waals surface area contributed by atoms with Crippen molar-refractivity contribution in [3.8, 4) is 0 Å². The Morgan fingerprint density at radius 2 is 1.89 bits per heavy atom. The van der Waals surface area contributed by atoms with Crippen molar-refractivity contribution in [2.24, 2.45) is 5.41 Å². The van der Waals surface area contributed by atoms with Gasteiger partial charge in [-0.3, -0.25) is 4.79 Å². The molecule has 0 aromatic rings. The van der Waals surface area contributed by atoms with Crippen LogP contribution in [-0.2, 0) is 9.53 Å². The molecule has 0 saturated heterocycles. The number of rotatable bonds is 1. The van der Waals surface area contributed by atoms with Crippen molar-refractivity contribution in [3.05, 3.63) is 0 Å². The summed E-state index contributed by atoms with van der Waals surface area (Å²) < 4.78 is 5.25. The van der Waals surface area contributed by atoms with Gasteiger partial charge in [-0.15, -0.1) is 0 Å². The van der Waals surface area contributed by atoms with Crippen LogP contribution in [0.2, 0.25) is 0 Å². The topological polar surface area (TPSA) is 55.4 Å². The lowest BCUT2D eigenvalue weighted by Crippen LogP contribution is -2.62. The van der Waals surface area contributed by atoms with E-state index in [1.807, 2.05) is 20.8 Å². The van der Waals surface area contributed by atoms with E-state index in [-0.39, 0.29) is 11.5 Å². The molecule has 1 amide bonds.